The first kappa shape index (κ1) is 19.9. The lowest BCUT2D eigenvalue weighted by molar-refractivity contribution is -0.169. The summed E-state index contributed by atoms with van der Waals surface area (Å²) in [7, 11) is 0. The van der Waals surface area contributed by atoms with Gasteiger partial charge in [-0.25, -0.2) is 4.79 Å². The smallest absolute Gasteiger partial charge is 0.331 e. The molecule has 0 aromatic heterocycles. The number of fused-ring (bicyclic) bond motifs is 1. The van der Waals surface area contributed by atoms with Gasteiger partial charge in [0.05, 0.1) is 6.10 Å². The maximum Gasteiger partial charge on any atom is 0.331 e. The summed E-state index contributed by atoms with van der Waals surface area (Å²) >= 11 is 0. The monoisotopic (exact) mass is 368 g/mol. The van der Waals surface area contributed by atoms with Crippen molar-refractivity contribution in [3.05, 3.63) is 54.1 Å². The first-order valence-electron chi connectivity index (χ1n) is 10.1. The van der Waals surface area contributed by atoms with Crippen LogP contribution < -0.4 is 0 Å². The molecule has 0 radical (unpaired) electrons. The molecule has 0 amide bonds. The summed E-state index contributed by atoms with van der Waals surface area (Å²) in [6.45, 7) is 10.8. The normalized spacial score (nSPS) is 33.9. The molecule has 1 N–H and O–H groups in total. The molecule has 0 heterocycles. The molecule has 0 bridgehead atoms. The van der Waals surface area contributed by atoms with Crippen LogP contribution in [0.3, 0.4) is 0 Å². The van der Waals surface area contributed by atoms with E-state index in [2.05, 4.69) is 27.4 Å². The van der Waals surface area contributed by atoms with Crippen molar-refractivity contribution in [3.63, 3.8) is 0 Å². The number of hydrogen-bond donors (Lipinski definition) is 1. The third kappa shape index (κ3) is 4.03. The zero-order valence-corrected chi connectivity index (χ0v) is 16.7. The molecule has 3 heteroatoms. The molecule has 146 valence electrons. The van der Waals surface area contributed by atoms with Gasteiger partial charge >= 0.3 is 5.97 Å². The van der Waals surface area contributed by atoms with E-state index in [0.29, 0.717) is 11.8 Å². The molecule has 2 aliphatic carbocycles. The SMILES string of the molecule is C=C1CC[C@H](O)[C@@]2(C)CC[C@@H](C(C)C)[C@@H](OC(=O)C=Cc3ccccc3)[C@H]12. The van der Waals surface area contributed by atoms with Crippen molar-refractivity contribution in [1.29, 1.82) is 0 Å². The fourth-order valence-corrected chi connectivity index (χ4v) is 5.07. The standard InChI is InChI=1S/C24H32O3/c1-16(2)19-14-15-24(4)20(25)12-10-17(3)22(24)23(19)27-21(26)13-11-18-8-6-5-7-9-18/h5-9,11,13,16,19-20,22-23,25H,3,10,12,14-15H2,1-2,4H3/t19-,20-,22-,23+,24+/m0/s1. The zero-order chi connectivity index (χ0) is 19.6. The van der Waals surface area contributed by atoms with Crippen molar-refractivity contribution in [2.45, 2.75) is 58.7 Å². The summed E-state index contributed by atoms with van der Waals surface area (Å²) in [6, 6.07) is 9.75. The number of hydrogen-bond acceptors (Lipinski definition) is 3. The van der Waals surface area contributed by atoms with Gasteiger partial charge in [0, 0.05) is 17.4 Å². The largest absolute Gasteiger partial charge is 0.458 e. The lowest BCUT2D eigenvalue weighted by Crippen LogP contribution is -2.55. The minimum Gasteiger partial charge on any atom is -0.458 e. The van der Waals surface area contributed by atoms with Gasteiger partial charge in [-0.05, 0) is 49.2 Å². The second-order valence-electron chi connectivity index (χ2n) is 8.79. The van der Waals surface area contributed by atoms with Crippen LogP contribution >= 0.6 is 0 Å². The molecule has 0 aliphatic heterocycles. The van der Waals surface area contributed by atoms with Gasteiger partial charge in [0.2, 0.25) is 0 Å². The van der Waals surface area contributed by atoms with Crippen molar-refractivity contribution in [3.8, 4) is 0 Å². The molecule has 3 rings (SSSR count). The average Bonchev–Trinajstić information content (AvgIpc) is 2.64. The first-order chi connectivity index (χ1) is 12.8. The number of carbonyl (C=O) groups excluding carboxylic acids is 1. The molecule has 2 aliphatic rings. The van der Waals surface area contributed by atoms with Gasteiger partial charge in [-0.3, -0.25) is 0 Å². The highest BCUT2D eigenvalue weighted by Crippen LogP contribution is 2.55. The van der Waals surface area contributed by atoms with Crippen LogP contribution in [0.5, 0.6) is 0 Å². The number of benzene rings is 1. The van der Waals surface area contributed by atoms with E-state index in [9.17, 15) is 9.90 Å². The maximum atomic E-state index is 12.6. The number of aliphatic hydroxyl groups excluding tert-OH is 1. The highest BCUT2D eigenvalue weighted by Gasteiger charge is 2.54. The topological polar surface area (TPSA) is 46.5 Å². The van der Waals surface area contributed by atoms with Crippen LogP contribution in [0, 0.1) is 23.2 Å². The van der Waals surface area contributed by atoms with Crippen molar-refractivity contribution in [1.82, 2.24) is 0 Å². The van der Waals surface area contributed by atoms with Gasteiger partial charge in [-0.2, -0.15) is 0 Å². The zero-order valence-electron chi connectivity index (χ0n) is 16.7. The average molecular weight is 369 g/mol. The second kappa shape index (κ2) is 8.02. The number of esters is 1. The second-order valence-corrected chi connectivity index (χ2v) is 8.79. The summed E-state index contributed by atoms with van der Waals surface area (Å²) in [4.78, 5) is 12.6. The minimum absolute atomic E-state index is 0.0245. The Labute approximate surface area is 163 Å². The summed E-state index contributed by atoms with van der Waals surface area (Å²) in [6.07, 6.45) is 6.21. The third-order valence-corrected chi connectivity index (χ3v) is 6.74. The number of ether oxygens (including phenoxy) is 1. The molecule has 5 atom stereocenters. The molecule has 2 saturated carbocycles. The molecule has 0 saturated heterocycles. The van der Waals surface area contributed by atoms with Gasteiger partial charge in [-0.15, -0.1) is 0 Å². The van der Waals surface area contributed by atoms with E-state index in [1.165, 1.54) is 6.08 Å². The minimum atomic E-state index is -0.359. The number of aliphatic hydroxyl groups is 1. The summed E-state index contributed by atoms with van der Waals surface area (Å²) in [5, 5.41) is 10.7. The van der Waals surface area contributed by atoms with E-state index < -0.39 is 0 Å². The van der Waals surface area contributed by atoms with Gasteiger partial charge < -0.3 is 9.84 Å². The highest BCUT2D eigenvalue weighted by molar-refractivity contribution is 5.87. The Bertz CT molecular complexity index is 706. The van der Waals surface area contributed by atoms with Crippen molar-refractivity contribution in [2.24, 2.45) is 23.2 Å². The Morgan fingerprint density at radius 3 is 2.67 bits per heavy atom. The predicted octanol–water partition coefficient (Wildman–Crippen LogP) is 5.01. The lowest BCUT2D eigenvalue weighted by atomic mass is 9.53. The molecular weight excluding hydrogens is 336 g/mol. The predicted molar refractivity (Wildman–Crippen MR) is 109 cm³/mol. The quantitative estimate of drug-likeness (QED) is 0.461. The van der Waals surface area contributed by atoms with Crippen molar-refractivity contribution in [2.75, 3.05) is 0 Å². The van der Waals surface area contributed by atoms with E-state index >= 15 is 0 Å². The van der Waals surface area contributed by atoms with E-state index in [1.54, 1.807) is 6.08 Å². The van der Waals surface area contributed by atoms with E-state index in [0.717, 1.165) is 36.8 Å². The van der Waals surface area contributed by atoms with Crippen LogP contribution in [0.4, 0.5) is 0 Å². The van der Waals surface area contributed by atoms with Crippen molar-refractivity contribution >= 4 is 12.0 Å². The van der Waals surface area contributed by atoms with E-state index in [1.807, 2.05) is 30.3 Å². The van der Waals surface area contributed by atoms with Gasteiger partial charge in [-0.1, -0.05) is 63.3 Å². The highest BCUT2D eigenvalue weighted by atomic mass is 16.5. The van der Waals surface area contributed by atoms with Crippen molar-refractivity contribution < 1.29 is 14.6 Å². The van der Waals surface area contributed by atoms with Crippen LogP contribution in [0.25, 0.3) is 6.08 Å². The Kier molecular flexibility index (Phi) is 5.90. The fourth-order valence-electron chi connectivity index (χ4n) is 5.07. The van der Waals surface area contributed by atoms with Crippen LogP contribution in [-0.4, -0.2) is 23.3 Å². The van der Waals surface area contributed by atoms with Crippen LogP contribution in [0.15, 0.2) is 48.6 Å². The molecule has 1 aromatic carbocycles. The number of carbonyl (C=O) groups is 1. The summed E-state index contributed by atoms with van der Waals surface area (Å²) in [5.41, 5.74) is 1.84. The molecule has 2 fully saturated rings. The Morgan fingerprint density at radius 2 is 2.00 bits per heavy atom. The molecule has 3 nitrogen and oxygen atoms in total. The molecule has 1 aromatic rings. The first-order valence-corrected chi connectivity index (χ1v) is 10.1. The lowest BCUT2D eigenvalue weighted by Gasteiger charge is -2.55. The Morgan fingerprint density at radius 1 is 1.30 bits per heavy atom. The van der Waals surface area contributed by atoms with E-state index in [4.69, 9.17) is 4.74 Å². The maximum absolute atomic E-state index is 12.6. The Balaban J connectivity index is 1.83. The fraction of sp³-hybridized carbons (Fsp3) is 0.542. The summed E-state index contributed by atoms with van der Waals surface area (Å²) < 4.78 is 6.04. The van der Waals surface area contributed by atoms with Crippen LogP contribution in [0.2, 0.25) is 0 Å². The number of rotatable bonds is 4. The molecular formula is C24H32O3. The van der Waals surface area contributed by atoms with Gasteiger partial charge in [0.25, 0.3) is 0 Å². The Hall–Kier alpha value is -1.87. The molecule has 27 heavy (non-hydrogen) atoms. The van der Waals surface area contributed by atoms with Gasteiger partial charge in [0.15, 0.2) is 0 Å². The van der Waals surface area contributed by atoms with Crippen LogP contribution in [0.1, 0.15) is 52.0 Å². The summed E-state index contributed by atoms with van der Waals surface area (Å²) in [5.74, 6) is 0.416. The third-order valence-electron chi connectivity index (χ3n) is 6.74. The van der Waals surface area contributed by atoms with Gasteiger partial charge in [0.1, 0.15) is 6.10 Å². The molecule has 0 spiro atoms. The molecule has 0 unspecified atom stereocenters. The van der Waals surface area contributed by atoms with E-state index in [-0.39, 0.29) is 29.5 Å². The van der Waals surface area contributed by atoms with Crippen LogP contribution in [-0.2, 0) is 9.53 Å².